The van der Waals surface area contributed by atoms with Crippen molar-refractivity contribution >= 4 is 40.7 Å². The molecule has 5 N–H and O–H groups in total. The average Bonchev–Trinajstić information content (AvgIpc) is 3.03. The zero-order valence-corrected chi connectivity index (χ0v) is 27.2. The van der Waals surface area contributed by atoms with Gasteiger partial charge in [-0.25, -0.2) is 10.2 Å². The van der Waals surface area contributed by atoms with Gasteiger partial charge in [0.05, 0.1) is 36.1 Å². The van der Waals surface area contributed by atoms with Gasteiger partial charge in [-0.15, -0.1) is 0 Å². The van der Waals surface area contributed by atoms with Crippen molar-refractivity contribution in [2.24, 2.45) is 5.92 Å². The van der Waals surface area contributed by atoms with Crippen molar-refractivity contribution in [3.8, 4) is 0 Å². The van der Waals surface area contributed by atoms with Crippen molar-refractivity contribution in [3.05, 3.63) is 47.7 Å². The van der Waals surface area contributed by atoms with Gasteiger partial charge in [0, 0.05) is 11.9 Å². The lowest BCUT2D eigenvalue weighted by atomic mass is 9.99. The summed E-state index contributed by atoms with van der Waals surface area (Å²) in [6.45, 7) is 10.8. The monoisotopic (exact) mass is 639 g/mol. The first-order valence-electron chi connectivity index (χ1n) is 15.6. The number of aromatic nitrogens is 1. The van der Waals surface area contributed by atoms with E-state index in [0.29, 0.717) is 30.6 Å². The van der Waals surface area contributed by atoms with Crippen LogP contribution >= 0.6 is 0 Å². The van der Waals surface area contributed by atoms with Gasteiger partial charge in [-0.2, -0.15) is 0 Å². The van der Waals surface area contributed by atoms with Gasteiger partial charge in [0.1, 0.15) is 18.2 Å². The summed E-state index contributed by atoms with van der Waals surface area (Å²) in [5.74, 6) is -2.75. The number of carboxylic acids is 1. The molecule has 13 heteroatoms. The first-order chi connectivity index (χ1) is 21.6. The van der Waals surface area contributed by atoms with Crippen LogP contribution in [0.2, 0.25) is 0 Å². The zero-order valence-electron chi connectivity index (χ0n) is 27.2. The SMILES string of the molecule is CC(C)[C@H](O)C(=O)N[C@@H](C)C(=O)N1CCC[C@@H](C(=O)N[C@H](C)c2ccc3ccc(/C=C/C4(C(=O)O)COC(C)(C)CO4)cc3n2)N1. The highest BCUT2D eigenvalue weighted by atomic mass is 16.6. The van der Waals surface area contributed by atoms with E-state index >= 15 is 0 Å². The van der Waals surface area contributed by atoms with Crippen LogP contribution in [-0.2, 0) is 28.7 Å². The predicted molar refractivity (Wildman–Crippen MR) is 170 cm³/mol. The van der Waals surface area contributed by atoms with Crippen LogP contribution in [-0.4, -0.2) is 93.0 Å². The number of amides is 3. The molecular formula is C33H45N5O8. The number of nitrogens with zero attached hydrogens (tertiary/aromatic N) is 2. The van der Waals surface area contributed by atoms with Crippen molar-refractivity contribution < 1.29 is 38.9 Å². The Balaban J connectivity index is 1.39. The lowest BCUT2D eigenvalue weighted by molar-refractivity contribution is -0.216. The van der Waals surface area contributed by atoms with Gasteiger partial charge < -0.3 is 30.3 Å². The van der Waals surface area contributed by atoms with E-state index in [1.807, 2.05) is 51.1 Å². The van der Waals surface area contributed by atoms with Gasteiger partial charge in [0.2, 0.25) is 17.4 Å². The molecule has 2 aromatic rings. The zero-order chi connectivity index (χ0) is 33.8. The number of hydrogen-bond acceptors (Lipinski definition) is 9. The Morgan fingerprint density at radius 3 is 2.43 bits per heavy atom. The quantitative estimate of drug-likeness (QED) is 0.258. The Labute approximate surface area is 268 Å². The topological polar surface area (TPSA) is 179 Å². The fraction of sp³-hybridized carbons (Fsp3) is 0.545. The third-order valence-electron chi connectivity index (χ3n) is 8.20. The molecule has 0 spiro atoms. The Morgan fingerprint density at radius 2 is 1.78 bits per heavy atom. The number of benzene rings is 1. The molecule has 0 radical (unpaired) electrons. The van der Waals surface area contributed by atoms with Gasteiger partial charge in [-0.3, -0.25) is 24.4 Å². The van der Waals surface area contributed by atoms with Crippen LogP contribution in [0.15, 0.2) is 36.4 Å². The second-order valence-electron chi connectivity index (χ2n) is 13.0. The molecule has 13 nitrogen and oxygen atoms in total. The number of ether oxygens (including phenoxy) is 2. The van der Waals surface area contributed by atoms with Crippen LogP contribution in [0, 0.1) is 5.92 Å². The number of aliphatic carboxylic acids is 1. The smallest absolute Gasteiger partial charge is 0.342 e. The maximum Gasteiger partial charge on any atom is 0.342 e. The van der Waals surface area contributed by atoms with Crippen LogP contribution in [0.25, 0.3) is 17.0 Å². The molecule has 0 aliphatic carbocycles. The predicted octanol–water partition coefficient (Wildman–Crippen LogP) is 2.09. The summed E-state index contributed by atoms with van der Waals surface area (Å²) >= 11 is 0. The number of hydrogen-bond donors (Lipinski definition) is 5. The molecule has 46 heavy (non-hydrogen) atoms. The largest absolute Gasteiger partial charge is 0.479 e. The van der Waals surface area contributed by atoms with E-state index in [0.717, 1.165) is 10.9 Å². The number of carboxylic acid groups (broad SMARTS) is 1. The number of carbonyl (C=O) groups excluding carboxylic acids is 3. The van der Waals surface area contributed by atoms with Gasteiger partial charge >= 0.3 is 5.97 Å². The Morgan fingerprint density at radius 1 is 1.07 bits per heavy atom. The molecule has 3 amide bonds. The summed E-state index contributed by atoms with van der Waals surface area (Å²) in [6.07, 6.45) is 3.05. The molecule has 250 valence electrons. The summed E-state index contributed by atoms with van der Waals surface area (Å²) in [4.78, 5) is 55.2. The van der Waals surface area contributed by atoms with Crippen LogP contribution < -0.4 is 16.1 Å². The van der Waals surface area contributed by atoms with Crippen molar-refractivity contribution in [3.63, 3.8) is 0 Å². The minimum absolute atomic E-state index is 0.112. The molecule has 5 atom stereocenters. The lowest BCUT2D eigenvalue weighted by Crippen LogP contribution is -2.61. The molecule has 2 saturated heterocycles. The molecule has 2 aliphatic rings. The second kappa shape index (κ2) is 14.2. The molecule has 0 bridgehead atoms. The Kier molecular flexibility index (Phi) is 10.8. The van der Waals surface area contributed by atoms with E-state index in [1.165, 1.54) is 18.0 Å². The summed E-state index contributed by atoms with van der Waals surface area (Å²) in [5, 5.41) is 27.5. The molecule has 1 aromatic heterocycles. The highest BCUT2D eigenvalue weighted by Gasteiger charge is 2.44. The van der Waals surface area contributed by atoms with Crippen LogP contribution in [0.4, 0.5) is 0 Å². The molecule has 0 saturated carbocycles. The Bertz CT molecular complexity index is 1480. The number of aliphatic hydroxyl groups excluding tert-OH is 1. The minimum Gasteiger partial charge on any atom is -0.479 e. The normalized spacial score (nSPS) is 23.6. The highest BCUT2D eigenvalue weighted by molar-refractivity contribution is 5.90. The van der Waals surface area contributed by atoms with E-state index in [9.17, 15) is 29.4 Å². The van der Waals surface area contributed by atoms with E-state index in [2.05, 4.69) is 16.1 Å². The minimum atomic E-state index is -1.59. The maximum atomic E-state index is 13.2. The number of nitrogens with one attached hydrogen (secondary N) is 3. The average molecular weight is 640 g/mol. The third-order valence-corrected chi connectivity index (χ3v) is 8.20. The van der Waals surface area contributed by atoms with E-state index in [4.69, 9.17) is 14.5 Å². The first-order valence-corrected chi connectivity index (χ1v) is 15.6. The second-order valence-corrected chi connectivity index (χ2v) is 13.0. The molecular weight excluding hydrogens is 594 g/mol. The molecule has 3 heterocycles. The standard InChI is InChI=1S/C33H45N5O8/c1-19(2)27(39)29(41)35-21(4)30(42)38-15-7-8-25(37-38)28(40)34-20(3)24-12-11-23-10-9-22(16-26(23)36-24)13-14-33(31(43)44)18-45-32(5,6)17-46-33/h9-14,16,19-21,25,27,37,39H,7-8,15,17-18H2,1-6H3,(H,34,40)(H,35,41)(H,43,44)/b14-13+/t20-,21+,25+,27+,33?/m1/s1. The van der Waals surface area contributed by atoms with Crippen molar-refractivity contribution in [2.45, 2.75) is 89.8 Å². The van der Waals surface area contributed by atoms with Gasteiger partial charge in [-0.1, -0.05) is 38.1 Å². The third kappa shape index (κ3) is 8.27. The van der Waals surface area contributed by atoms with Gasteiger partial charge in [-0.05, 0) is 70.2 Å². The maximum absolute atomic E-state index is 13.2. The van der Waals surface area contributed by atoms with Crippen LogP contribution in [0.1, 0.15) is 71.7 Å². The molecule has 2 aliphatic heterocycles. The molecule has 1 aromatic carbocycles. The first kappa shape index (κ1) is 35.0. The molecule has 2 fully saturated rings. The van der Waals surface area contributed by atoms with Crippen LogP contribution in [0.3, 0.4) is 0 Å². The number of carbonyl (C=O) groups is 4. The molecule has 4 rings (SSSR count). The summed E-state index contributed by atoms with van der Waals surface area (Å²) in [7, 11) is 0. The fourth-order valence-corrected chi connectivity index (χ4v) is 5.12. The van der Waals surface area contributed by atoms with Crippen molar-refractivity contribution in [1.29, 1.82) is 0 Å². The summed E-state index contributed by atoms with van der Waals surface area (Å²) in [6, 6.07) is 7.30. The van der Waals surface area contributed by atoms with E-state index in [1.54, 1.807) is 19.9 Å². The summed E-state index contributed by atoms with van der Waals surface area (Å²) < 4.78 is 11.5. The van der Waals surface area contributed by atoms with E-state index < -0.39 is 53.2 Å². The number of rotatable bonds is 10. The van der Waals surface area contributed by atoms with E-state index in [-0.39, 0.29) is 25.0 Å². The Hall–Kier alpha value is -3.91. The van der Waals surface area contributed by atoms with Crippen molar-refractivity contribution in [2.75, 3.05) is 19.8 Å². The highest BCUT2D eigenvalue weighted by Crippen LogP contribution is 2.28. The lowest BCUT2D eigenvalue weighted by Gasteiger charge is -2.39. The number of aliphatic hydroxyl groups is 1. The number of pyridine rings is 1. The summed E-state index contributed by atoms with van der Waals surface area (Å²) in [5.41, 5.74) is 2.84. The van der Waals surface area contributed by atoms with Crippen LogP contribution in [0.5, 0.6) is 0 Å². The van der Waals surface area contributed by atoms with Crippen molar-refractivity contribution in [1.82, 2.24) is 26.1 Å². The number of hydrazine groups is 1. The number of fused-ring (bicyclic) bond motifs is 1. The van der Waals surface area contributed by atoms with Gasteiger partial charge in [0.15, 0.2) is 0 Å². The fourth-order valence-electron chi connectivity index (χ4n) is 5.12. The van der Waals surface area contributed by atoms with Gasteiger partial charge in [0.25, 0.3) is 5.91 Å². The molecule has 1 unspecified atom stereocenters.